The number of aryl methyl sites for hydroxylation is 1. The standard InChI is InChI=1S/C34H46N6O9S/c1-19(2)14-25-33(44)37-26(15-22-8-10-23(48-7)11-9-22)32(43)35-21(5)31(42)38-27(20(3)4)17-40(18-30(41)36-25)50(46,47)24-12-13-28-29(16-24)49-34(45)39(28)6/h8-13,16,19-21,25-27H,14-15,17-18H2,1-7H3,(H,35,43)(H,36,41)(H,37,44)(H,38,42)/t21-,25+,26+,27-/m1/s1. The normalized spacial score (nSPS) is 22.0. The molecule has 1 saturated heterocycles. The number of methoxy groups -OCH3 is 1. The van der Waals surface area contributed by atoms with Crippen molar-refractivity contribution in [3.8, 4) is 5.75 Å². The minimum atomic E-state index is -4.44. The van der Waals surface area contributed by atoms with Gasteiger partial charge in [0.15, 0.2) is 5.58 Å². The number of sulfonamides is 1. The predicted octanol–water partition coefficient (Wildman–Crippen LogP) is 1.05. The second kappa shape index (κ2) is 15.9. The number of hydrogen-bond acceptors (Lipinski definition) is 9. The van der Waals surface area contributed by atoms with Crippen LogP contribution >= 0.6 is 0 Å². The molecule has 0 spiro atoms. The minimum absolute atomic E-state index is 0.0394. The van der Waals surface area contributed by atoms with Crippen LogP contribution in [0.1, 0.15) is 46.6 Å². The third kappa shape index (κ3) is 9.09. The van der Waals surface area contributed by atoms with Crippen LogP contribution in [0.25, 0.3) is 11.1 Å². The Kier molecular flexibility index (Phi) is 12.1. The van der Waals surface area contributed by atoms with Gasteiger partial charge in [0.25, 0.3) is 0 Å². The maximum absolute atomic E-state index is 14.2. The van der Waals surface area contributed by atoms with Gasteiger partial charge in [0, 0.05) is 32.1 Å². The molecule has 2 heterocycles. The summed E-state index contributed by atoms with van der Waals surface area (Å²) in [6, 6.07) is 6.79. The largest absolute Gasteiger partial charge is 0.497 e. The second-order valence-corrected chi connectivity index (χ2v) is 15.2. The molecule has 3 aromatic rings. The van der Waals surface area contributed by atoms with Gasteiger partial charge in [0.05, 0.1) is 24.1 Å². The molecule has 0 radical (unpaired) electrons. The highest BCUT2D eigenvalue weighted by molar-refractivity contribution is 7.89. The number of carbonyl (C=O) groups excluding carboxylic acids is 4. The molecule has 0 aliphatic carbocycles. The summed E-state index contributed by atoms with van der Waals surface area (Å²) >= 11 is 0. The summed E-state index contributed by atoms with van der Waals surface area (Å²) < 4.78 is 40.9. The first-order chi connectivity index (χ1) is 23.5. The van der Waals surface area contributed by atoms with Crippen molar-refractivity contribution in [2.24, 2.45) is 18.9 Å². The summed E-state index contributed by atoms with van der Waals surface area (Å²) in [6.45, 7) is 7.75. The molecule has 16 heteroatoms. The number of nitrogens with one attached hydrogen (secondary N) is 4. The average molecular weight is 715 g/mol. The first kappa shape index (κ1) is 38.1. The molecule has 4 amide bonds. The predicted molar refractivity (Wildman–Crippen MR) is 185 cm³/mol. The summed E-state index contributed by atoms with van der Waals surface area (Å²) in [7, 11) is -1.43. The summed E-state index contributed by atoms with van der Waals surface area (Å²) in [4.78, 5) is 66.3. The van der Waals surface area contributed by atoms with Crippen LogP contribution in [-0.4, -0.2) is 85.3 Å². The van der Waals surface area contributed by atoms with Crippen LogP contribution in [0.2, 0.25) is 0 Å². The topological polar surface area (TPSA) is 198 Å². The van der Waals surface area contributed by atoms with E-state index in [0.29, 0.717) is 16.8 Å². The van der Waals surface area contributed by atoms with Crippen molar-refractivity contribution in [2.75, 3.05) is 20.2 Å². The molecule has 4 atom stereocenters. The van der Waals surface area contributed by atoms with E-state index in [1.807, 2.05) is 13.8 Å². The van der Waals surface area contributed by atoms with Crippen LogP contribution < -0.4 is 31.8 Å². The maximum Gasteiger partial charge on any atom is 0.419 e. The van der Waals surface area contributed by atoms with E-state index < -0.39 is 70.1 Å². The molecule has 4 rings (SSSR count). The van der Waals surface area contributed by atoms with Gasteiger partial charge < -0.3 is 30.4 Å². The molecule has 0 unspecified atom stereocenters. The fraction of sp³-hybridized carbons (Fsp3) is 0.500. The number of aromatic nitrogens is 1. The number of oxazole rings is 1. The number of rotatable bonds is 8. The number of carbonyl (C=O) groups is 4. The SMILES string of the molecule is COc1ccc(C[C@@H]2NC(=O)[C@H](CC(C)C)NC(=O)CN(S(=O)(=O)c3ccc4c(c3)oc(=O)n4C)C[C@H](C(C)C)NC(=O)[C@@H](C)NC2=O)cc1. The molecule has 0 bridgehead atoms. The van der Waals surface area contributed by atoms with E-state index in [1.54, 1.807) is 38.1 Å². The van der Waals surface area contributed by atoms with Gasteiger partial charge in [0.2, 0.25) is 33.7 Å². The molecule has 50 heavy (non-hydrogen) atoms. The van der Waals surface area contributed by atoms with Crippen molar-refractivity contribution in [1.29, 1.82) is 0 Å². The molecule has 272 valence electrons. The van der Waals surface area contributed by atoms with Crippen LogP contribution in [0.4, 0.5) is 0 Å². The highest BCUT2D eigenvalue weighted by Gasteiger charge is 2.35. The zero-order valence-electron chi connectivity index (χ0n) is 29.3. The van der Waals surface area contributed by atoms with Crippen LogP contribution in [0, 0.1) is 11.8 Å². The molecular formula is C34H46N6O9S. The zero-order valence-corrected chi connectivity index (χ0v) is 30.1. The zero-order chi connectivity index (χ0) is 36.9. The molecule has 4 N–H and O–H groups in total. The quantitative estimate of drug-likeness (QED) is 0.264. The van der Waals surface area contributed by atoms with Gasteiger partial charge in [0.1, 0.15) is 23.9 Å². The summed E-state index contributed by atoms with van der Waals surface area (Å²) in [5.41, 5.74) is 1.12. The summed E-state index contributed by atoms with van der Waals surface area (Å²) in [5.74, 6) is -3.07. The van der Waals surface area contributed by atoms with Gasteiger partial charge in [-0.25, -0.2) is 13.2 Å². The number of nitrogens with zero attached hydrogens (tertiary/aromatic N) is 2. The summed E-state index contributed by atoms with van der Waals surface area (Å²) in [5, 5.41) is 10.9. The van der Waals surface area contributed by atoms with Crippen molar-refractivity contribution in [2.45, 2.75) is 76.5 Å². The van der Waals surface area contributed by atoms with Crippen molar-refractivity contribution in [1.82, 2.24) is 30.1 Å². The van der Waals surface area contributed by atoms with E-state index in [2.05, 4.69) is 21.3 Å². The Hall–Kier alpha value is -4.70. The van der Waals surface area contributed by atoms with E-state index in [-0.39, 0.29) is 41.7 Å². The first-order valence-electron chi connectivity index (χ1n) is 16.4. The van der Waals surface area contributed by atoms with Gasteiger partial charge in [-0.1, -0.05) is 39.8 Å². The fourth-order valence-electron chi connectivity index (χ4n) is 5.58. The third-order valence-electron chi connectivity index (χ3n) is 8.60. The molecule has 0 saturated carbocycles. The number of benzene rings is 2. The lowest BCUT2D eigenvalue weighted by molar-refractivity contribution is -0.133. The molecule has 15 nitrogen and oxygen atoms in total. The van der Waals surface area contributed by atoms with Crippen molar-refractivity contribution in [3.05, 3.63) is 58.6 Å². The molecule has 2 aromatic carbocycles. The third-order valence-corrected chi connectivity index (χ3v) is 10.4. The van der Waals surface area contributed by atoms with Crippen molar-refractivity contribution in [3.63, 3.8) is 0 Å². The van der Waals surface area contributed by atoms with E-state index in [1.165, 1.54) is 43.8 Å². The van der Waals surface area contributed by atoms with Crippen LogP contribution in [0.15, 0.2) is 56.6 Å². The smallest absolute Gasteiger partial charge is 0.419 e. The number of amides is 4. The number of hydrogen-bond donors (Lipinski definition) is 4. The number of ether oxygens (including phenoxy) is 1. The lowest BCUT2D eigenvalue weighted by Gasteiger charge is -2.30. The molecule has 1 fully saturated rings. The lowest BCUT2D eigenvalue weighted by atomic mass is 10.0. The maximum atomic E-state index is 14.2. The lowest BCUT2D eigenvalue weighted by Crippen LogP contribution is -2.57. The Morgan fingerprint density at radius 2 is 1.54 bits per heavy atom. The average Bonchev–Trinajstić information content (AvgIpc) is 3.34. The summed E-state index contributed by atoms with van der Waals surface area (Å²) in [6.07, 6.45) is 0.265. The Morgan fingerprint density at radius 3 is 2.16 bits per heavy atom. The van der Waals surface area contributed by atoms with Crippen LogP contribution in [0.3, 0.4) is 0 Å². The van der Waals surface area contributed by atoms with Crippen molar-refractivity contribution >= 4 is 44.8 Å². The van der Waals surface area contributed by atoms with Gasteiger partial charge >= 0.3 is 5.76 Å². The molecule has 1 aliphatic rings. The van der Waals surface area contributed by atoms with Crippen molar-refractivity contribution < 1.29 is 36.7 Å². The first-order valence-corrected chi connectivity index (χ1v) is 17.9. The Balaban J connectivity index is 1.73. The van der Waals surface area contributed by atoms with Gasteiger partial charge in [-0.15, -0.1) is 0 Å². The van der Waals surface area contributed by atoms with E-state index >= 15 is 0 Å². The molecule has 1 aromatic heterocycles. The van der Waals surface area contributed by atoms with Crippen LogP contribution in [0.5, 0.6) is 5.75 Å². The fourth-order valence-corrected chi connectivity index (χ4v) is 7.02. The van der Waals surface area contributed by atoms with Gasteiger partial charge in [-0.05, 0) is 55.0 Å². The monoisotopic (exact) mass is 714 g/mol. The van der Waals surface area contributed by atoms with E-state index in [0.717, 1.165) is 4.31 Å². The van der Waals surface area contributed by atoms with Gasteiger partial charge in [-0.3, -0.25) is 23.7 Å². The van der Waals surface area contributed by atoms with E-state index in [9.17, 15) is 32.4 Å². The Labute approximate surface area is 291 Å². The Bertz CT molecular complexity index is 1880. The van der Waals surface area contributed by atoms with Gasteiger partial charge in [-0.2, -0.15) is 4.31 Å². The number of fused-ring (bicyclic) bond motifs is 1. The highest BCUT2D eigenvalue weighted by Crippen LogP contribution is 2.23. The van der Waals surface area contributed by atoms with Crippen LogP contribution in [-0.2, 0) is 42.7 Å². The Morgan fingerprint density at radius 1 is 0.880 bits per heavy atom. The second-order valence-electron chi connectivity index (χ2n) is 13.3. The minimum Gasteiger partial charge on any atom is -0.497 e. The highest BCUT2D eigenvalue weighted by atomic mass is 32.2. The molecular weight excluding hydrogens is 668 g/mol. The molecule has 1 aliphatic heterocycles. The van der Waals surface area contributed by atoms with E-state index in [4.69, 9.17) is 9.15 Å².